The lowest BCUT2D eigenvalue weighted by atomic mass is 9.87. The Morgan fingerprint density at radius 3 is 2.58 bits per heavy atom. The lowest BCUT2D eigenvalue weighted by Crippen LogP contribution is -2.17. The molecule has 0 N–H and O–H groups in total. The third-order valence-corrected chi connectivity index (χ3v) is 4.98. The summed E-state index contributed by atoms with van der Waals surface area (Å²) in [5.41, 5.74) is 3.62. The summed E-state index contributed by atoms with van der Waals surface area (Å²) < 4.78 is 41.2. The highest BCUT2D eigenvalue weighted by Crippen LogP contribution is 2.36. The van der Waals surface area contributed by atoms with Gasteiger partial charge in [-0.1, -0.05) is 17.8 Å². The predicted octanol–water partition coefficient (Wildman–Crippen LogP) is 3.76. The summed E-state index contributed by atoms with van der Waals surface area (Å²) in [5.74, 6) is -1.02. The minimum atomic E-state index is -4.61. The van der Waals surface area contributed by atoms with Crippen LogP contribution in [0.1, 0.15) is 35.4 Å². The Kier molecular flexibility index (Phi) is 4.67. The van der Waals surface area contributed by atoms with Gasteiger partial charge >= 0.3 is 6.18 Å². The van der Waals surface area contributed by atoms with Gasteiger partial charge in [0.15, 0.2) is 5.16 Å². The highest BCUT2D eigenvalue weighted by molar-refractivity contribution is 7.99. The maximum absolute atomic E-state index is 13.4. The quantitative estimate of drug-likeness (QED) is 0.619. The average molecular weight is 355 g/mol. The largest absolute Gasteiger partial charge is 0.452 e. The Morgan fingerprint density at radius 2 is 1.92 bits per heavy atom. The summed E-state index contributed by atoms with van der Waals surface area (Å²) in [6, 6.07) is 3.54. The van der Waals surface area contributed by atoms with Crippen LogP contribution in [0.2, 0.25) is 0 Å². The number of rotatable bonds is 4. The lowest BCUT2D eigenvalue weighted by molar-refractivity contribution is -0.146. The van der Waals surface area contributed by atoms with Crippen molar-refractivity contribution in [3.8, 4) is 5.69 Å². The molecule has 0 atom stereocenters. The average Bonchev–Trinajstić information content (AvgIpc) is 2.97. The van der Waals surface area contributed by atoms with E-state index in [2.05, 4.69) is 10.2 Å². The number of hydrogen-bond donors (Lipinski definition) is 0. The highest BCUT2D eigenvalue weighted by Gasteiger charge is 2.39. The van der Waals surface area contributed by atoms with Crippen LogP contribution in [0.3, 0.4) is 0 Å². The fourth-order valence-electron chi connectivity index (χ4n) is 3.11. The van der Waals surface area contributed by atoms with Crippen molar-refractivity contribution in [2.75, 3.05) is 5.75 Å². The van der Waals surface area contributed by atoms with Gasteiger partial charge in [-0.05, 0) is 55.4 Å². The summed E-state index contributed by atoms with van der Waals surface area (Å²) in [5, 5.41) is 7.09. The summed E-state index contributed by atoms with van der Waals surface area (Å²) in [6.07, 6.45) is -0.377. The Morgan fingerprint density at radius 1 is 1.21 bits per heavy atom. The summed E-state index contributed by atoms with van der Waals surface area (Å²) in [6.45, 7) is 1.98. The Balaban J connectivity index is 2.21. The number of alkyl halides is 3. The number of thioether (sulfide) groups is 1. The molecule has 8 heteroatoms. The Labute approximate surface area is 141 Å². The third-order valence-electron chi connectivity index (χ3n) is 4.15. The molecule has 0 amide bonds. The van der Waals surface area contributed by atoms with Crippen LogP contribution in [0.25, 0.3) is 5.69 Å². The molecule has 2 aromatic rings. The molecular formula is C16H16F3N3OS. The van der Waals surface area contributed by atoms with E-state index in [4.69, 9.17) is 0 Å². The first kappa shape index (κ1) is 17.0. The third kappa shape index (κ3) is 3.07. The van der Waals surface area contributed by atoms with E-state index in [9.17, 15) is 18.0 Å². The summed E-state index contributed by atoms with van der Waals surface area (Å²) >= 11 is 0.955. The van der Waals surface area contributed by atoms with Crippen LogP contribution in [-0.4, -0.2) is 26.8 Å². The van der Waals surface area contributed by atoms with Gasteiger partial charge in [0.25, 0.3) is 0 Å². The number of aryl methyl sites for hydroxylation is 1. The molecule has 0 spiro atoms. The van der Waals surface area contributed by atoms with Crippen molar-refractivity contribution in [2.24, 2.45) is 0 Å². The molecule has 1 heterocycles. The minimum Gasteiger partial charge on any atom is -0.302 e. The van der Waals surface area contributed by atoms with Crippen molar-refractivity contribution >= 4 is 18.0 Å². The molecule has 1 aliphatic carbocycles. The van der Waals surface area contributed by atoms with Gasteiger partial charge in [-0.15, -0.1) is 10.2 Å². The van der Waals surface area contributed by atoms with Crippen molar-refractivity contribution in [1.82, 2.24) is 14.8 Å². The number of carbonyl (C=O) groups is 1. The lowest BCUT2D eigenvalue weighted by Gasteiger charge is -2.23. The number of fused-ring (bicyclic) bond motifs is 1. The first-order valence-corrected chi connectivity index (χ1v) is 8.63. The molecule has 0 fully saturated rings. The molecule has 1 aliphatic rings. The number of hydrogen-bond acceptors (Lipinski definition) is 4. The van der Waals surface area contributed by atoms with Crippen LogP contribution in [0.15, 0.2) is 17.3 Å². The monoisotopic (exact) mass is 355 g/mol. The molecule has 0 radical (unpaired) electrons. The first-order chi connectivity index (χ1) is 11.4. The molecular weight excluding hydrogens is 339 g/mol. The number of benzene rings is 1. The van der Waals surface area contributed by atoms with Crippen molar-refractivity contribution in [2.45, 2.75) is 43.9 Å². The fraction of sp³-hybridized carbons (Fsp3) is 0.438. The van der Waals surface area contributed by atoms with Gasteiger partial charge < -0.3 is 4.79 Å². The van der Waals surface area contributed by atoms with Crippen LogP contribution in [0, 0.1) is 6.92 Å². The van der Waals surface area contributed by atoms with E-state index < -0.39 is 12.0 Å². The van der Waals surface area contributed by atoms with Crippen molar-refractivity contribution in [3.63, 3.8) is 0 Å². The zero-order valence-corrected chi connectivity index (χ0v) is 13.9. The maximum Gasteiger partial charge on any atom is 0.452 e. The van der Waals surface area contributed by atoms with E-state index in [1.54, 1.807) is 6.07 Å². The van der Waals surface area contributed by atoms with Gasteiger partial charge in [0.05, 0.1) is 11.4 Å². The van der Waals surface area contributed by atoms with Gasteiger partial charge in [-0.3, -0.25) is 4.57 Å². The topological polar surface area (TPSA) is 47.8 Å². The zero-order chi connectivity index (χ0) is 17.3. The molecule has 24 heavy (non-hydrogen) atoms. The molecule has 0 saturated heterocycles. The molecule has 0 bridgehead atoms. The molecule has 0 unspecified atom stereocenters. The predicted molar refractivity (Wildman–Crippen MR) is 84.5 cm³/mol. The van der Waals surface area contributed by atoms with E-state index in [1.165, 1.54) is 0 Å². The Hall–Kier alpha value is -1.83. The maximum atomic E-state index is 13.4. The van der Waals surface area contributed by atoms with E-state index in [-0.39, 0.29) is 10.9 Å². The highest BCUT2D eigenvalue weighted by atomic mass is 32.2. The summed E-state index contributed by atoms with van der Waals surface area (Å²) in [7, 11) is 0. The van der Waals surface area contributed by atoms with Crippen LogP contribution in [-0.2, 0) is 23.8 Å². The van der Waals surface area contributed by atoms with Crippen molar-refractivity contribution < 1.29 is 18.0 Å². The van der Waals surface area contributed by atoms with Gasteiger partial charge in [0.1, 0.15) is 6.29 Å². The first-order valence-electron chi connectivity index (χ1n) is 7.64. The fourth-order valence-corrected chi connectivity index (χ4v) is 3.74. The number of halogens is 3. The Bertz CT molecular complexity index is 771. The summed E-state index contributed by atoms with van der Waals surface area (Å²) in [4.78, 5) is 10.6. The molecule has 0 saturated carbocycles. The molecule has 4 nitrogen and oxygen atoms in total. The van der Waals surface area contributed by atoms with Crippen LogP contribution >= 0.6 is 11.8 Å². The smallest absolute Gasteiger partial charge is 0.302 e. The number of carbonyl (C=O) groups excluding carboxylic acids is 1. The van der Waals surface area contributed by atoms with Crippen LogP contribution in [0.5, 0.6) is 0 Å². The van der Waals surface area contributed by atoms with E-state index in [0.717, 1.165) is 58.7 Å². The van der Waals surface area contributed by atoms with Crippen molar-refractivity contribution in [1.29, 1.82) is 0 Å². The second kappa shape index (κ2) is 6.58. The van der Waals surface area contributed by atoms with Gasteiger partial charge in [-0.25, -0.2) is 0 Å². The van der Waals surface area contributed by atoms with Gasteiger partial charge in [0.2, 0.25) is 5.82 Å². The molecule has 0 aliphatic heterocycles. The van der Waals surface area contributed by atoms with Crippen molar-refractivity contribution in [3.05, 3.63) is 34.6 Å². The molecule has 3 rings (SSSR count). The molecule has 1 aromatic heterocycles. The molecule has 128 valence electrons. The second-order valence-corrected chi connectivity index (χ2v) is 6.67. The number of aldehydes is 1. The standard InChI is InChI=1S/C16H16F3N3OS/c1-10-6-7-13(12-5-3-2-4-11(10)12)22-14(16(17,18)19)20-21-15(22)24-9-8-23/h6-8H,2-5,9H2,1H3. The normalized spacial score (nSPS) is 14.5. The molecule has 1 aromatic carbocycles. The zero-order valence-electron chi connectivity index (χ0n) is 13.1. The van der Waals surface area contributed by atoms with Gasteiger partial charge in [-0.2, -0.15) is 13.2 Å². The van der Waals surface area contributed by atoms with E-state index in [0.29, 0.717) is 12.0 Å². The van der Waals surface area contributed by atoms with E-state index in [1.807, 2.05) is 13.0 Å². The second-order valence-electron chi connectivity index (χ2n) is 5.68. The van der Waals surface area contributed by atoms with Gasteiger partial charge in [0, 0.05) is 0 Å². The van der Waals surface area contributed by atoms with Crippen LogP contribution in [0.4, 0.5) is 13.2 Å². The SMILES string of the molecule is Cc1ccc(-n2c(SCC=O)nnc2C(F)(F)F)c2c1CCCC2. The van der Waals surface area contributed by atoms with Crippen LogP contribution < -0.4 is 0 Å². The number of aromatic nitrogens is 3. The minimum absolute atomic E-state index is 0.0318. The van der Waals surface area contributed by atoms with E-state index >= 15 is 0 Å². The number of nitrogens with zero attached hydrogens (tertiary/aromatic N) is 3.